The van der Waals surface area contributed by atoms with Crippen LogP contribution in [0, 0.1) is 0 Å². The second kappa shape index (κ2) is 10.4. The second-order valence-corrected chi connectivity index (χ2v) is 8.57. The average Bonchev–Trinajstić information content (AvgIpc) is 2.64. The topological polar surface area (TPSA) is 20.3 Å². The fourth-order valence-corrected chi connectivity index (χ4v) is 4.87. The molecule has 1 aliphatic rings. The minimum absolute atomic E-state index is 0.161. The third-order valence-electron chi connectivity index (χ3n) is 4.91. The van der Waals surface area contributed by atoms with Gasteiger partial charge in [-0.2, -0.15) is 0 Å². The molecule has 0 aliphatic heterocycles. The molecule has 2 rings (SSSR count). The Balaban J connectivity index is 2.28. The van der Waals surface area contributed by atoms with Crippen molar-refractivity contribution < 1.29 is 4.79 Å². The third-order valence-corrected chi connectivity index (χ3v) is 6.95. The monoisotopic (exact) mass is 377 g/mol. The molecule has 4 heteroatoms. The van der Waals surface area contributed by atoms with Gasteiger partial charge in [0.15, 0.2) is 5.78 Å². The van der Waals surface area contributed by atoms with Crippen molar-refractivity contribution in [2.75, 3.05) is 25.6 Å². The maximum atomic E-state index is 12.9. The van der Waals surface area contributed by atoms with Crippen molar-refractivity contribution in [1.82, 2.24) is 4.90 Å². The van der Waals surface area contributed by atoms with Gasteiger partial charge in [-0.15, -0.1) is 23.5 Å². The zero-order valence-corrected chi connectivity index (χ0v) is 17.6. The second-order valence-electron chi connectivity index (χ2n) is 6.61. The normalized spacial score (nSPS) is 16.6. The molecule has 0 fully saturated rings. The summed E-state index contributed by atoms with van der Waals surface area (Å²) in [6.45, 7) is 6.83. The van der Waals surface area contributed by atoms with Crippen molar-refractivity contribution in [2.45, 2.75) is 52.0 Å². The molecule has 1 atom stereocenters. The summed E-state index contributed by atoms with van der Waals surface area (Å²) in [5, 5.41) is 0. The summed E-state index contributed by atoms with van der Waals surface area (Å²) in [6, 6.07) is 6.85. The first kappa shape index (κ1) is 20.6. The summed E-state index contributed by atoms with van der Waals surface area (Å²) in [7, 11) is 0. The van der Waals surface area contributed by atoms with Crippen LogP contribution in [0.4, 0.5) is 0 Å². The molecule has 1 aromatic carbocycles. The Kier molecular flexibility index (Phi) is 8.60. The predicted molar refractivity (Wildman–Crippen MR) is 114 cm³/mol. The van der Waals surface area contributed by atoms with Crippen LogP contribution in [0.25, 0.3) is 0 Å². The quantitative estimate of drug-likeness (QED) is 0.423. The molecular weight excluding hydrogens is 346 g/mol. The minimum atomic E-state index is 0.161. The molecule has 0 bridgehead atoms. The van der Waals surface area contributed by atoms with Crippen LogP contribution in [-0.4, -0.2) is 42.3 Å². The lowest BCUT2D eigenvalue weighted by Crippen LogP contribution is -2.40. The van der Waals surface area contributed by atoms with Crippen LogP contribution in [0.3, 0.4) is 0 Å². The van der Waals surface area contributed by atoms with Crippen LogP contribution in [0.1, 0.15) is 54.6 Å². The number of nitrogens with zero attached hydrogens (tertiary/aromatic N) is 1. The summed E-state index contributed by atoms with van der Waals surface area (Å²) in [4.78, 5) is 15.5. The van der Waals surface area contributed by atoms with Gasteiger partial charge in [-0.25, -0.2) is 0 Å². The molecule has 1 unspecified atom stereocenters. The van der Waals surface area contributed by atoms with Crippen molar-refractivity contribution in [3.63, 3.8) is 0 Å². The Morgan fingerprint density at radius 1 is 1.20 bits per heavy atom. The number of ketones is 1. The van der Waals surface area contributed by atoms with Gasteiger partial charge in [0.25, 0.3) is 0 Å². The molecule has 2 nitrogen and oxygen atoms in total. The van der Waals surface area contributed by atoms with Gasteiger partial charge in [0.05, 0.1) is 0 Å². The van der Waals surface area contributed by atoms with Crippen molar-refractivity contribution in [2.24, 2.45) is 0 Å². The predicted octanol–water partition coefficient (Wildman–Crippen LogP) is 5.42. The number of thioether (sulfide) groups is 2. The molecule has 138 valence electrons. The number of hydrogen-bond donors (Lipinski definition) is 0. The third kappa shape index (κ3) is 5.38. The lowest BCUT2D eigenvalue weighted by molar-refractivity contribution is 0.104. The van der Waals surface area contributed by atoms with E-state index in [-0.39, 0.29) is 5.78 Å². The van der Waals surface area contributed by atoms with Gasteiger partial charge in [-0.1, -0.05) is 32.0 Å². The molecule has 0 heterocycles. The first-order valence-corrected chi connectivity index (χ1v) is 11.8. The van der Waals surface area contributed by atoms with E-state index in [2.05, 4.69) is 24.8 Å². The van der Waals surface area contributed by atoms with E-state index >= 15 is 0 Å². The Hall–Kier alpha value is -0.710. The van der Waals surface area contributed by atoms with E-state index in [0.29, 0.717) is 6.04 Å². The van der Waals surface area contributed by atoms with Gasteiger partial charge in [0, 0.05) is 21.9 Å². The van der Waals surface area contributed by atoms with E-state index in [1.165, 1.54) is 30.4 Å². The number of benzene rings is 1. The van der Waals surface area contributed by atoms with Gasteiger partial charge >= 0.3 is 0 Å². The largest absolute Gasteiger partial charge is 0.300 e. The number of fused-ring (bicyclic) bond motifs is 1. The summed E-state index contributed by atoms with van der Waals surface area (Å²) < 4.78 is 1.08. The van der Waals surface area contributed by atoms with E-state index in [9.17, 15) is 4.79 Å². The first-order chi connectivity index (χ1) is 12.1. The van der Waals surface area contributed by atoms with Crippen LogP contribution in [0.15, 0.2) is 28.5 Å². The lowest BCUT2D eigenvalue weighted by Gasteiger charge is -2.35. The van der Waals surface area contributed by atoms with Crippen LogP contribution >= 0.6 is 23.5 Å². The molecule has 0 spiro atoms. The number of carbonyl (C=O) groups excluding carboxylic acids is 1. The fourth-order valence-electron chi connectivity index (χ4n) is 3.75. The lowest BCUT2D eigenvalue weighted by atomic mass is 9.83. The summed E-state index contributed by atoms with van der Waals surface area (Å²) in [5.74, 6) is 0.161. The highest BCUT2D eigenvalue weighted by Gasteiger charge is 2.26. The van der Waals surface area contributed by atoms with Crippen LogP contribution in [0.2, 0.25) is 0 Å². The van der Waals surface area contributed by atoms with Gasteiger partial charge in [-0.3, -0.25) is 4.79 Å². The van der Waals surface area contributed by atoms with Gasteiger partial charge in [-0.05, 0) is 68.8 Å². The van der Waals surface area contributed by atoms with Crippen molar-refractivity contribution in [3.05, 3.63) is 45.2 Å². The Bertz CT molecular complexity index is 600. The van der Waals surface area contributed by atoms with E-state index < -0.39 is 0 Å². The molecule has 0 radical (unpaired) electrons. The fraction of sp³-hybridized carbons (Fsp3) is 0.571. The van der Waals surface area contributed by atoms with E-state index in [1.807, 2.05) is 30.7 Å². The van der Waals surface area contributed by atoms with Crippen LogP contribution in [-0.2, 0) is 12.8 Å². The maximum Gasteiger partial charge on any atom is 0.187 e. The highest BCUT2D eigenvalue weighted by Crippen LogP contribution is 2.30. The SMILES string of the molecule is CCCN(CCC)C1CCc2cccc(C(=O)C=C(SC)SC)c2C1. The number of rotatable bonds is 9. The Morgan fingerprint density at radius 2 is 1.88 bits per heavy atom. The first-order valence-electron chi connectivity index (χ1n) is 9.33. The standard InChI is InChI=1S/C21H31NOS2/c1-5-12-22(13-6-2)17-11-10-16-8-7-9-18(19(16)14-17)20(23)15-21(24-3)25-4/h7-9,15,17H,5-6,10-14H2,1-4H3. The Labute approximate surface area is 161 Å². The summed E-state index contributed by atoms with van der Waals surface area (Å²) in [5.41, 5.74) is 3.58. The zero-order chi connectivity index (χ0) is 18.2. The molecule has 0 N–H and O–H groups in total. The zero-order valence-electron chi connectivity index (χ0n) is 16.0. The van der Waals surface area contributed by atoms with E-state index in [0.717, 1.165) is 35.7 Å². The molecule has 0 saturated carbocycles. The molecule has 0 saturated heterocycles. The van der Waals surface area contributed by atoms with E-state index in [1.54, 1.807) is 23.5 Å². The molecule has 0 amide bonds. The van der Waals surface area contributed by atoms with Crippen molar-refractivity contribution in [3.8, 4) is 0 Å². The van der Waals surface area contributed by atoms with Crippen molar-refractivity contribution in [1.29, 1.82) is 0 Å². The summed E-state index contributed by atoms with van der Waals surface area (Å²) >= 11 is 3.29. The van der Waals surface area contributed by atoms with Crippen molar-refractivity contribution >= 4 is 29.3 Å². The van der Waals surface area contributed by atoms with Crippen LogP contribution in [0.5, 0.6) is 0 Å². The molecular formula is C21H31NOS2. The average molecular weight is 378 g/mol. The smallest absolute Gasteiger partial charge is 0.187 e. The minimum Gasteiger partial charge on any atom is -0.300 e. The maximum absolute atomic E-state index is 12.9. The molecule has 1 aliphatic carbocycles. The Morgan fingerprint density at radius 3 is 2.48 bits per heavy atom. The van der Waals surface area contributed by atoms with Gasteiger partial charge < -0.3 is 4.90 Å². The van der Waals surface area contributed by atoms with Gasteiger partial charge in [0.1, 0.15) is 0 Å². The number of aryl methyl sites for hydroxylation is 1. The molecule has 1 aromatic rings. The highest BCUT2D eigenvalue weighted by molar-refractivity contribution is 8.21. The van der Waals surface area contributed by atoms with Crippen LogP contribution < -0.4 is 0 Å². The van der Waals surface area contributed by atoms with Gasteiger partial charge in [0.2, 0.25) is 0 Å². The number of carbonyl (C=O) groups is 1. The molecule has 25 heavy (non-hydrogen) atoms. The number of allylic oxidation sites excluding steroid dienone is 1. The summed E-state index contributed by atoms with van der Waals surface area (Å²) in [6.07, 6.45) is 11.6. The van der Waals surface area contributed by atoms with E-state index in [4.69, 9.17) is 0 Å². The molecule has 0 aromatic heterocycles. The highest BCUT2D eigenvalue weighted by atomic mass is 32.2. The number of hydrogen-bond acceptors (Lipinski definition) is 4.